The molecule has 0 aliphatic heterocycles. The van der Waals surface area contributed by atoms with Gasteiger partial charge in [-0.1, -0.05) is 26.7 Å². The molecule has 16 heavy (non-hydrogen) atoms. The molecule has 0 saturated carbocycles. The van der Waals surface area contributed by atoms with Crippen molar-refractivity contribution in [1.82, 2.24) is 0 Å². The molecule has 0 fully saturated rings. The van der Waals surface area contributed by atoms with Gasteiger partial charge in [-0.05, 0) is 0 Å². The van der Waals surface area contributed by atoms with Crippen LogP contribution in [0.25, 0.3) is 0 Å². The van der Waals surface area contributed by atoms with Crippen LogP contribution in [0.4, 0.5) is 0 Å². The van der Waals surface area contributed by atoms with Gasteiger partial charge in [-0.25, -0.2) is 24.3 Å². The molecule has 91 valence electrons. The summed E-state index contributed by atoms with van der Waals surface area (Å²) in [7, 11) is 0. The zero-order chi connectivity index (χ0) is 10.2. The quantitative estimate of drug-likeness (QED) is 0.746. The van der Waals surface area contributed by atoms with Crippen molar-refractivity contribution in [2.24, 2.45) is 0 Å². The monoisotopic (exact) mass is 263 g/mol. The molecule has 0 spiro atoms. The average molecular weight is 263 g/mol. The van der Waals surface area contributed by atoms with E-state index in [9.17, 15) is 0 Å². The molecule has 0 aromatic heterocycles. The summed E-state index contributed by atoms with van der Waals surface area (Å²) in [5.41, 5.74) is 2.86. The fraction of sp³-hybridized carbons (Fsp3) is 0.286. The molecule has 0 saturated heterocycles. The summed E-state index contributed by atoms with van der Waals surface area (Å²) in [5.74, 6) is 0. The van der Waals surface area contributed by atoms with Crippen molar-refractivity contribution < 1.29 is 22.3 Å². The molecule has 0 atom stereocenters. The van der Waals surface area contributed by atoms with Crippen molar-refractivity contribution in [2.45, 2.75) is 26.7 Å². The van der Waals surface area contributed by atoms with Crippen LogP contribution in [0, 0.1) is 0 Å². The molecule has 0 amide bonds. The molecule has 2 N–H and O–H groups in total. The van der Waals surface area contributed by atoms with Crippen LogP contribution < -0.4 is 0 Å². The van der Waals surface area contributed by atoms with Gasteiger partial charge in [0.05, 0.1) is 0 Å². The normalized spacial score (nSPS) is 8.12. The number of aryl methyl sites for hydroxylation is 2. The van der Waals surface area contributed by atoms with Crippen molar-refractivity contribution in [3.8, 4) is 0 Å². The Hall–Kier alpha value is -0.834. The van der Waals surface area contributed by atoms with Gasteiger partial charge in [0.15, 0.2) is 0 Å². The average Bonchev–Trinajstić information content (AvgIpc) is 2.92. The van der Waals surface area contributed by atoms with Gasteiger partial charge in [-0.15, -0.1) is 0 Å². The van der Waals surface area contributed by atoms with Crippen molar-refractivity contribution in [2.75, 3.05) is 0 Å². The zero-order valence-electron chi connectivity index (χ0n) is 9.87. The van der Waals surface area contributed by atoms with E-state index in [1.807, 2.05) is 0 Å². The third-order valence-electron chi connectivity index (χ3n) is 2.28. The van der Waals surface area contributed by atoms with Gasteiger partial charge in [-0.2, -0.15) is 35.4 Å². The van der Waals surface area contributed by atoms with Gasteiger partial charge in [0.1, 0.15) is 0 Å². The van der Waals surface area contributed by atoms with Gasteiger partial charge >= 0.3 is 16.8 Å². The third kappa shape index (κ3) is 6.61. The van der Waals surface area contributed by atoms with Crippen LogP contribution in [-0.4, -0.2) is 5.48 Å². The van der Waals surface area contributed by atoms with Crippen molar-refractivity contribution in [1.29, 1.82) is 0 Å². The largest absolute Gasteiger partial charge is 2.00 e. The molecule has 0 bridgehead atoms. The van der Waals surface area contributed by atoms with Crippen LogP contribution in [0.1, 0.15) is 25.0 Å². The Morgan fingerprint density at radius 2 is 0.938 bits per heavy atom. The molecule has 2 heteroatoms. The van der Waals surface area contributed by atoms with Crippen LogP contribution >= 0.6 is 0 Å². The third-order valence-corrected chi connectivity index (χ3v) is 2.28. The molecule has 0 unspecified atom stereocenters. The first kappa shape index (κ1) is 17.6. The Kier molecular flexibility index (Phi) is 11.7. The van der Waals surface area contributed by atoms with Crippen LogP contribution in [-0.2, 0) is 29.6 Å². The van der Waals surface area contributed by atoms with E-state index in [2.05, 4.69) is 62.4 Å². The number of hydrogen-bond donors (Lipinski definition) is 0. The Morgan fingerprint density at radius 3 is 1.06 bits per heavy atom. The van der Waals surface area contributed by atoms with Gasteiger partial charge in [-0.3, -0.25) is 0 Å². The molecule has 1 nitrogen and oxygen atoms in total. The minimum atomic E-state index is 0. The predicted molar refractivity (Wildman–Crippen MR) is 66.4 cm³/mol. The molecular weight excluding hydrogens is 243 g/mol. The number of rotatable bonds is 2. The zero-order valence-corrected chi connectivity index (χ0v) is 10.9. The summed E-state index contributed by atoms with van der Waals surface area (Å²) in [6.45, 7) is 4.32. The van der Waals surface area contributed by atoms with Gasteiger partial charge < -0.3 is 5.48 Å². The maximum atomic E-state index is 2.16. The first-order chi connectivity index (χ1) is 6.86. The maximum Gasteiger partial charge on any atom is 2.00 e. The Labute approximate surface area is 109 Å². The Balaban J connectivity index is 0. The van der Waals surface area contributed by atoms with Crippen LogP contribution in [0.3, 0.4) is 0 Å². The summed E-state index contributed by atoms with van der Waals surface area (Å²) in [6.07, 6.45) is 2.32. The topological polar surface area (TPSA) is 31.5 Å². The number of hydrogen-bond acceptors (Lipinski definition) is 0. The SMILES string of the molecule is CC[c-]1cccc1.CC[c-]1cccc1.O.[Co+2]. The fourth-order valence-corrected chi connectivity index (χ4v) is 1.30. The fourth-order valence-electron chi connectivity index (χ4n) is 1.30. The van der Waals surface area contributed by atoms with E-state index >= 15 is 0 Å². The van der Waals surface area contributed by atoms with Crippen LogP contribution in [0.2, 0.25) is 0 Å². The van der Waals surface area contributed by atoms with Gasteiger partial charge in [0.2, 0.25) is 0 Å². The molecular formula is C14H20CoO. The van der Waals surface area contributed by atoms with E-state index in [0.717, 1.165) is 12.8 Å². The molecule has 0 heterocycles. The summed E-state index contributed by atoms with van der Waals surface area (Å²) in [6, 6.07) is 16.8. The first-order valence-electron chi connectivity index (χ1n) is 5.28. The van der Waals surface area contributed by atoms with E-state index in [4.69, 9.17) is 0 Å². The molecule has 2 aromatic carbocycles. The van der Waals surface area contributed by atoms with Crippen molar-refractivity contribution in [3.63, 3.8) is 0 Å². The minimum absolute atomic E-state index is 0. The molecule has 1 radical (unpaired) electrons. The van der Waals surface area contributed by atoms with E-state index in [-0.39, 0.29) is 22.3 Å². The maximum absolute atomic E-state index is 2.16. The second-order valence-electron chi connectivity index (χ2n) is 3.29. The molecule has 0 aliphatic rings. The minimum Gasteiger partial charge on any atom is -0.412 e. The van der Waals surface area contributed by atoms with Gasteiger partial charge in [0, 0.05) is 0 Å². The molecule has 0 aliphatic carbocycles. The second-order valence-corrected chi connectivity index (χ2v) is 3.29. The molecule has 2 rings (SSSR count). The smallest absolute Gasteiger partial charge is 0.412 e. The first-order valence-corrected chi connectivity index (χ1v) is 5.28. The summed E-state index contributed by atoms with van der Waals surface area (Å²) in [5, 5.41) is 0. The van der Waals surface area contributed by atoms with Crippen molar-refractivity contribution in [3.05, 3.63) is 59.7 Å². The van der Waals surface area contributed by atoms with E-state index in [0.29, 0.717) is 0 Å². The summed E-state index contributed by atoms with van der Waals surface area (Å²) >= 11 is 0. The Morgan fingerprint density at radius 1 is 0.688 bits per heavy atom. The Bertz CT molecular complexity index is 274. The van der Waals surface area contributed by atoms with Gasteiger partial charge in [0.25, 0.3) is 0 Å². The van der Waals surface area contributed by atoms with Crippen LogP contribution in [0.5, 0.6) is 0 Å². The predicted octanol–water partition coefficient (Wildman–Crippen LogP) is 3.11. The molecule has 2 aromatic rings. The van der Waals surface area contributed by atoms with E-state index in [1.165, 1.54) is 11.1 Å². The van der Waals surface area contributed by atoms with Crippen molar-refractivity contribution >= 4 is 0 Å². The summed E-state index contributed by atoms with van der Waals surface area (Å²) in [4.78, 5) is 0. The standard InChI is InChI=1S/2C7H9.Co.H2O/c2*1-2-7-5-3-4-6-7;;/h2*3-6H,2H2,1H3;;1H2/q2*-1;+2;. The van der Waals surface area contributed by atoms with Crippen LogP contribution in [0.15, 0.2) is 48.5 Å². The van der Waals surface area contributed by atoms with E-state index < -0.39 is 0 Å². The second kappa shape index (κ2) is 10.7. The summed E-state index contributed by atoms with van der Waals surface area (Å²) < 4.78 is 0. The van der Waals surface area contributed by atoms with E-state index in [1.54, 1.807) is 0 Å².